The summed E-state index contributed by atoms with van der Waals surface area (Å²) in [5.41, 5.74) is 18.6. The average Bonchev–Trinajstić information content (AvgIpc) is 1.61. The van der Waals surface area contributed by atoms with Gasteiger partial charge in [-0.3, -0.25) is 28.8 Å². The summed E-state index contributed by atoms with van der Waals surface area (Å²) in [7, 11) is 0. The van der Waals surface area contributed by atoms with Crippen LogP contribution >= 0.6 is 23.2 Å². The molecule has 0 spiro atoms. The molecule has 104 heavy (non-hydrogen) atoms. The second-order valence-corrected chi connectivity index (χ2v) is 26.9. The second kappa shape index (κ2) is 31.1. The van der Waals surface area contributed by atoms with Crippen LogP contribution in [0.3, 0.4) is 0 Å². The predicted octanol–water partition coefficient (Wildman–Crippen LogP) is 18.4. The Labute approximate surface area is 613 Å². The highest BCUT2D eigenvalue weighted by atomic mass is 35.5. The molecular weight excluding hydrogens is 1340 g/mol. The number of aromatic amines is 1. The van der Waals surface area contributed by atoms with Gasteiger partial charge in [0.05, 0.1) is 34.6 Å². The van der Waals surface area contributed by atoms with E-state index in [0.29, 0.717) is 117 Å². The van der Waals surface area contributed by atoms with Crippen molar-refractivity contribution in [2.75, 3.05) is 43.7 Å². The zero-order valence-electron chi connectivity index (χ0n) is 58.0. The summed E-state index contributed by atoms with van der Waals surface area (Å²) in [4.78, 5) is 92.6. The molecule has 3 aliphatic rings. The Hall–Kier alpha value is -12.0. The fraction of sp³-hybridized carbons (Fsp3) is 0.151. The van der Waals surface area contributed by atoms with Crippen LogP contribution in [0.5, 0.6) is 0 Å². The maximum Gasteiger partial charge on any atom is 0.260 e. The van der Waals surface area contributed by atoms with Crippen molar-refractivity contribution in [3.8, 4) is 22.4 Å². The van der Waals surface area contributed by atoms with Crippen LogP contribution in [0.25, 0.3) is 22.4 Å². The van der Waals surface area contributed by atoms with Crippen molar-refractivity contribution in [1.82, 2.24) is 14.5 Å². The standard InChI is InChI=1S/C32H26N4O2.C28H24ClN3O2.C26H25ClN2O3/c1-21-33-28-19-20-36(29-14-8-7-13-27(29)30(28)34-21)32(38)23-15-17-24(18-16-23)35-31(37)26-12-6-5-11-25(26)22-9-3-2-4-10-22;1-18-9-10-19(2)24(14-18)27(33)30-21-11-12-23(25(29)15-21)28(34)32-17-22-7-5-13-31(22)16-20-6-3-4-8-26(20)32;1-16-6-3-4-7-20(16)25(31)28-19-10-11-21(17(2)14-19)26(32)29-13-5-8-24(30)22-15-18(27)9-12-23(22)29/h2-18H,19-20H2,1H3,(H,33,34)(H,35,37);3-15H,16-17H2,1-2H3,(H,30,33);3-4,6-7,9-12,14-15,24,30H,5,8,13H2,1-2H3,(H,28,31)/t;;24-/m..1/s1. The number of aryl methyl sites for hydroxylation is 5. The third-order valence-electron chi connectivity index (χ3n) is 18.9. The van der Waals surface area contributed by atoms with E-state index < -0.39 is 6.10 Å². The number of hydrogen-bond acceptors (Lipinski definition) is 8. The molecule has 0 saturated heterocycles. The minimum Gasteiger partial charge on any atom is -0.388 e. The molecule has 15 rings (SSSR count). The van der Waals surface area contributed by atoms with Gasteiger partial charge in [0.15, 0.2) is 0 Å². The van der Waals surface area contributed by atoms with E-state index in [1.807, 2.05) is 197 Å². The van der Waals surface area contributed by atoms with Gasteiger partial charge in [0.2, 0.25) is 0 Å². The zero-order chi connectivity index (χ0) is 72.7. The summed E-state index contributed by atoms with van der Waals surface area (Å²) >= 11 is 12.7. The number of carbonyl (C=O) groups excluding carboxylic acids is 6. The fourth-order valence-electron chi connectivity index (χ4n) is 13.5. The molecule has 1 atom stereocenters. The van der Waals surface area contributed by atoms with E-state index in [1.54, 1.807) is 94.7 Å². The Morgan fingerprint density at radius 3 is 1.85 bits per heavy atom. The van der Waals surface area contributed by atoms with Crippen LogP contribution in [-0.2, 0) is 19.5 Å². The van der Waals surface area contributed by atoms with Crippen molar-refractivity contribution in [3.05, 3.63) is 337 Å². The highest BCUT2D eigenvalue weighted by Gasteiger charge is 2.31. The van der Waals surface area contributed by atoms with Crippen LogP contribution in [0, 0.1) is 34.6 Å². The molecule has 2 aromatic heterocycles. The number of nitrogens with one attached hydrogen (secondary N) is 4. The maximum absolute atomic E-state index is 13.6. The molecule has 10 aromatic carbocycles. The van der Waals surface area contributed by atoms with Gasteiger partial charge in [-0.15, -0.1) is 0 Å². The lowest BCUT2D eigenvalue weighted by Crippen LogP contribution is -2.32. The number of fused-ring (bicyclic) bond motifs is 6. The van der Waals surface area contributed by atoms with Crippen LogP contribution in [0.4, 0.5) is 34.1 Å². The van der Waals surface area contributed by atoms with Crippen LogP contribution < -0.4 is 30.7 Å². The lowest BCUT2D eigenvalue weighted by atomic mass is 9.99. The Balaban J connectivity index is 0.000000139. The maximum atomic E-state index is 13.6. The van der Waals surface area contributed by atoms with Gasteiger partial charge < -0.3 is 45.3 Å². The van der Waals surface area contributed by atoms with Gasteiger partial charge in [-0.25, -0.2) is 4.98 Å². The molecule has 3 aliphatic heterocycles. The van der Waals surface area contributed by atoms with Gasteiger partial charge in [-0.2, -0.15) is 0 Å². The van der Waals surface area contributed by atoms with Gasteiger partial charge in [0.1, 0.15) is 5.82 Å². The Morgan fingerprint density at radius 1 is 0.481 bits per heavy atom. The largest absolute Gasteiger partial charge is 0.388 e. The lowest BCUT2D eigenvalue weighted by Gasteiger charge is -2.24. The van der Waals surface area contributed by atoms with Crippen LogP contribution in [0.1, 0.15) is 132 Å². The number of aliphatic hydroxyl groups excluding tert-OH is 1. The number of halogens is 2. The van der Waals surface area contributed by atoms with Crippen molar-refractivity contribution in [2.45, 2.75) is 73.1 Å². The molecular formula is C86H75Cl2N9O7. The Bertz CT molecular complexity index is 5280. The first kappa shape index (κ1) is 70.5. The number of anilines is 6. The minimum absolute atomic E-state index is 0.0911. The van der Waals surface area contributed by atoms with E-state index >= 15 is 0 Å². The van der Waals surface area contributed by atoms with Gasteiger partial charge in [-0.05, 0) is 202 Å². The number of amides is 6. The molecule has 520 valence electrons. The first-order valence-corrected chi connectivity index (χ1v) is 35.1. The van der Waals surface area contributed by atoms with Crippen molar-refractivity contribution < 1.29 is 33.9 Å². The quantitative estimate of drug-likeness (QED) is 0.0890. The molecule has 0 saturated carbocycles. The first-order valence-electron chi connectivity index (χ1n) is 34.4. The third-order valence-corrected chi connectivity index (χ3v) is 19.4. The van der Waals surface area contributed by atoms with Crippen LogP contribution in [0.2, 0.25) is 10.0 Å². The van der Waals surface area contributed by atoms with Crippen LogP contribution in [0.15, 0.2) is 243 Å². The number of para-hydroxylation sites is 2. The van der Waals surface area contributed by atoms with Crippen molar-refractivity contribution in [3.63, 3.8) is 0 Å². The molecule has 5 N–H and O–H groups in total. The number of benzene rings is 10. The van der Waals surface area contributed by atoms with Crippen molar-refractivity contribution in [2.24, 2.45) is 0 Å². The smallest absolute Gasteiger partial charge is 0.260 e. The van der Waals surface area contributed by atoms with Gasteiger partial charge in [0, 0.05) is 116 Å². The molecule has 0 radical (unpaired) electrons. The van der Waals surface area contributed by atoms with Crippen molar-refractivity contribution in [1.29, 1.82) is 0 Å². The summed E-state index contributed by atoms with van der Waals surface area (Å²) in [6.45, 7) is 11.8. The SMILES string of the molecule is Cc1ccc(C)c(C(=O)Nc2ccc(C(=O)N3Cc4cccn4Cc4ccccc43)c(Cl)c2)c1.Cc1ccccc1C(=O)Nc1ccc(C(=O)N2CCC[C@@H](O)c3cc(Cl)ccc32)c(C)c1.Cc1nc2c([nH]1)CCN(C(=O)c1ccc(NC(=O)c3ccccc3-c3ccccc3)cc1)c1ccccc1-2. The summed E-state index contributed by atoms with van der Waals surface area (Å²) in [6.07, 6.45) is 3.32. The molecule has 0 fully saturated rings. The number of H-pyrrole nitrogens is 1. The van der Waals surface area contributed by atoms with E-state index in [1.165, 1.54) is 0 Å². The molecule has 5 heterocycles. The van der Waals surface area contributed by atoms with E-state index in [4.69, 9.17) is 23.2 Å². The van der Waals surface area contributed by atoms with Gasteiger partial charge in [0.25, 0.3) is 35.4 Å². The summed E-state index contributed by atoms with van der Waals surface area (Å²) in [6, 6.07) is 73.0. The molecule has 0 unspecified atom stereocenters. The number of nitrogens with zero attached hydrogens (tertiary/aromatic N) is 5. The number of imidazole rings is 1. The average molecular weight is 1420 g/mol. The molecule has 12 aromatic rings. The number of rotatable bonds is 10. The topological polar surface area (TPSA) is 202 Å². The second-order valence-electron chi connectivity index (χ2n) is 26.0. The Morgan fingerprint density at radius 2 is 1.10 bits per heavy atom. The van der Waals surface area contributed by atoms with E-state index in [-0.39, 0.29) is 35.4 Å². The Kier molecular flexibility index (Phi) is 21.1. The van der Waals surface area contributed by atoms with E-state index in [9.17, 15) is 33.9 Å². The molecule has 16 nitrogen and oxygen atoms in total. The summed E-state index contributed by atoms with van der Waals surface area (Å²) < 4.78 is 2.15. The zero-order valence-corrected chi connectivity index (χ0v) is 59.5. The molecule has 6 amide bonds. The summed E-state index contributed by atoms with van der Waals surface area (Å²) in [5.74, 6) is -0.141. The first-order chi connectivity index (χ1) is 50.3. The number of hydrogen-bond donors (Lipinski definition) is 5. The van der Waals surface area contributed by atoms with E-state index in [0.717, 1.165) is 78.8 Å². The lowest BCUT2D eigenvalue weighted by molar-refractivity contribution is 0.0977. The molecule has 0 aliphatic carbocycles. The monoisotopic (exact) mass is 1420 g/mol. The van der Waals surface area contributed by atoms with Crippen LogP contribution in [-0.4, -0.2) is 68.2 Å². The van der Waals surface area contributed by atoms with Crippen molar-refractivity contribution >= 4 is 92.8 Å². The fourth-order valence-corrected chi connectivity index (χ4v) is 13.9. The third kappa shape index (κ3) is 15.4. The normalized spacial score (nSPS) is 13.4. The number of carbonyl (C=O) groups is 6. The molecule has 18 heteroatoms. The molecule has 0 bridgehead atoms. The number of aromatic nitrogens is 3. The predicted molar refractivity (Wildman–Crippen MR) is 414 cm³/mol. The number of aliphatic hydroxyl groups is 1. The summed E-state index contributed by atoms with van der Waals surface area (Å²) in [5, 5.41) is 20.1. The highest BCUT2D eigenvalue weighted by Crippen LogP contribution is 2.39. The van der Waals surface area contributed by atoms with Gasteiger partial charge >= 0.3 is 0 Å². The highest BCUT2D eigenvalue weighted by molar-refractivity contribution is 6.35. The minimum atomic E-state index is -0.651. The van der Waals surface area contributed by atoms with E-state index in [2.05, 4.69) is 30.5 Å². The van der Waals surface area contributed by atoms with Gasteiger partial charge in [-0.1, -0.05) is 144 Å².